The van der Waals surface area contributed by atoms with Crippen LogP contribution in [0.1, 0.15) is 0 Å². The number of anilines is 1. The van der Waals surface area contributed by atoms with Gasteiger partial charge in [0.15, 0.2) is 0 Å². The largest absolute Gasteiger partial charge is 0.369 e. The highest BCUT2D eigenvalue weighted by Gasteiger charge is 2.19. The van der Waals surface area contributed by atoms with Crippen molar-refractivity contribution in [2.75, 3.05) is 38.1 Å². The summed E-state index contributed by atoms with van der Waals surface area (Å²) in [6, 6.07) is 4.99. The normalized spacial score (nSPS) is 17.7. The quantitative estimate of drug-likeness (QED) is 0.792. The smallest absolute Gasteiger partial charge is 0.263 e. The number of halogens is 1. The molecular formula is C11H16BrN3O3S. The van der Waals surface area contributed by atoms with Crippen molar-refractivity contribution in [3.05, 3.63) is 22.7 Å². The molecule has 19 heavy (non-hydrogen) atoms. The van der Waals surface area contributed by atoms with Crippen molar-refractivity contribution in [3.8, 4) is 0 Å². The van der Waals surface area contributed by atoms with E-state index in [2.05, 4.69) is 32.8 Å². The van der Waals surface area contributed by atoms with Crippen molar-refractivity contribution in [1.29, 1.82) is 0 Å². The van der Waals surface area contributed by atoms with Crippen molar-refractivity contribution in [3.63, 3.8) is 0 Å². The number of hydrogen-bond donors (Lipinski definition) is 2. The summed E-state index contributed by atoms with van der Waals surface area (Å²) in [6.07, 6.45) is 0. The molecule has 0 saturated carbocycles. The highest BCUT2D eigenvalue weighted by atomic mass is 79.9. The van der Waals surface area contributed by atoms with Gasteiger partial charge in [0.05, 0.1) is 4.90 Å². The predicted molar refractivity (Wildman–Crippen MR) is 76.0 cm³/mol. The lowest BCUT2D eigenvalue weighted by Crippen LogP contribution is -2.44. The molecule has 6 nitrogen and oxygen atoms in total. The van der Waals surface area contributed by atoms with Gasteiger partial charge < -0.3 is 15.0 Å². The zero-order valence-electron chi connectivity index (χ0n) is 10.5. The van der Waals surface area contributed by atoms with E-state index in [0.717, 1.165) is 31.9 Å². The average Bonchev–Trinajstić information content (AvgIpc) is 2.39. The fourth-order valence-electron chi connectivity index (χ4n) is 2.02. The van der Waals surface area contributed by atoms with Gasteiger partial charge in [-0.15, -0.1) is 0 Å². The van der Waals surface area contributed by atoms with Gasteiger partial charge in [0.1, 0.15) is 0 Å². The van der Waals surface area contributed by atoms with E-state index in [1.54, 1.807) is 12.1 Å². The monoisotopic (exact) mass is 349 g/mol. The Morgan fingerprint density at radius 3 is 2.42 bits per heavy atom. The maximum absolute atomic E-state index is 11.5. The SMILES string of the molecule is CN1CCN(c2ccc(S(=O)(=O)NO)c(Br)c2)CC1. The minimum atomic E-state index is -3.85. The third-order valence-electron chi connectivity index (χ3n) is 3.19. The first kappa shape index (κ1) is 14.7. The van der Waals surface area contributed by atoms with Crippen LogP contribution in [0, 0.1) is 0 Å². The Labute approximate surface area is 121 Å². The van der Waals surface area contributed by atoms with E-state index < -0.39 is 10.0 Å². The van der Waals surface area contributed by atoms with Crippen LogP contribution in [0.25, 0.3) is 0 Å². The van der Waals surface area contributed by atoms with Crippen molar-refractivity contribution in [2.45, 2.75) is 4.90 Å². The van der Waals surface area contributed by atoms with Crippen molar-refractivity contribution in [1.82, 2.24) is 9.79 Å². The molecule has 2 rings (SSSR count). The van der Waals surface area contributed by atoms with E-state index in [1.807, 2.05) is 0 Å². The molecule has 0 aromatic heterocycles. The summed E-state index contributed by atoms with van der Waals surface area (Å²) in [5.41, 5.74) is 0.969. The fourth-order valence-corrected chi connectivity index (χ4v) is 3.69. The van der Waals surface area contributed by atoms with E-state index in [0.29, 0.717) is 4.47 Å². The maximum Gasteiger partial charge on any atom is 0.263 e. The summed E-state index contributed by atoms with van der Waals surface area (Å²) in [4.78, 5) is 5.80. The highest BCUT2D eigenvalue weighted by molar-refractivity contribution is 9.10. The molecule has 1 aromatic rings. The van der Waals surface area contributed by atoms with E-state index in [4.69, 9.17) is 5.21 Å². The van der Waals surface area contributed by atoms with Crippen LogP contribution < -0.4 is 9.79 Å². The summed E-state index contributed by atoms with van der Waals surface area (Å²) in [5, 5.41) is 8.64. The first-order valence-corrected chi connectivity index (χ1v) is 8.10. The average molecular weight is 350 g/mol. The van der Waals surface area contributed by atoms with Crippen LogP contribution in [0.15, 0.2) is 27.6 Å². The number of rotatable bonds is 3. The maximum atomic E-state index is 11.5. The van der Waals surface area contributed by atoms with Crippen LogP contribution in [0.3, 0.4) is 0 Å². The lowest BCUT2D eigenvalue weighted by atomic mass is 10.2. The van der Waals surface area contributed by atoms with Crippen LogP contribution in [0.2, 0.25) is 0 Å². The molecule has 0 atom stereocenters. The Morgan fingerprint density at radius 1 is 1.26 bits per heavy atom. The number of benzene rings is 1. The number of piperazine rings is 1. The molecule has 106 valence electrons. The van der Waals surface area contributed by atoms with Gasteiger partial charge in [0, 0.05) is 36.3 Å². The van der Waals surface area contributed by atoms with Crippen LogP contribution in [0.5, 0.6) is 0 Å². The molecule has 0 spiro atoms. The Bertz CT molecular complexity index is 556. The lowest BCUT2D eigenvalue weighted by molar-refractivity contribution is 0.242. The minimum Gasteiger partial charge on any atom is -0.369 e. The zero-order chi connectivity index (χ0) is 14.0. The molecule has 8 heteroatoms. The fraction of sp³-hybridized carbons (Fsp3) is 0.455. The summed E-state index contributed by atoms with van der Waals surface area (Å²) < 4.78 is 23.5. The molecule has 0 amide bonds. The molecule has 0 bridgehead atoms. The van der Waals surface area contributed by atoms with Crippen molar-refractivity contribution < 1.29 is 13.6 Å². The van der Waals surface area contributed by atoms with Gasteiger partial charge in [-0.25, -0.2) is 8.42 Å². The molecule has 1 aliphatic rings. The van der Waals surface area contributed by atoms with Crippen LogP contribution in [-0.4, -0.2) is 51.8 Å². The van der Waals surface area contributed by atoms with Gasteiger partial charge in [-0.05, 0) is 41.2 Å². The second-order valence-electron chi connectivity index (χ2n) is 4.50. The Kier molecular flexibility index (Phi) is 4.46. The lowest BCUT2D eigenvalue weighted by Gasteiger charge is -2.34. The van der Waals surface area contributed by atoms with Gasteiger partial charge >= 0.3 is 0 Å². The minimum absolute atomic E-state index is 0.0212. The van der Waals surface area contributed by atoms with Crippen molar-refractivity contribution >= 4 is 31.6 Å². The molecule has 1 fully saturated rings. The first-order valence-electron chi connectivity index (χ1n) is 5.83. The van der Waals surface area contributed by atoms with Crippen LogP contribution in [-0.2, 0) is 10.0 Å². The number of hydrogen-bond acceptors (Lipinski definition) is 5. The summed E-state index contributed by atoms with van der Waals surface area (Å²) in [6.45, 7) is 3.78. The van der Waals surface area contributed by atoms with Gasteiger partial charge in [-0.3, -0.25) is 0 Å². The zero-order valence-corrected chi connectivity index (χ0v) is 12.9. The molecule has 0 radical (unpaired) electrons. The van der Waals surface area contributed by atoms with E-state index in [9.17, 15) is 8.42 Å². The number of likely N-dealkylation sites (N-methyl/N-ethyl adjacent to an activating group) is 1. The second-order valence-corrected chi connectivity index (χ2v) is 6.98. The molecule has 2 N–H and O–H groups in total. The van der Waals surface area contributed by atoms with Gasteiger partial charge in [-0.1, -0.05) is 4.89 Å². The molecule has 1 heterocycles. The van der Waals surface area contributed by atoms with Gasteiger partial charge in [-0.2, -0.15) is 0 Å². The highest BCUT2D eigenvalue weighted by Crippen LogP contribution is 2.27. The molecule has 0 unspecified atom stereocenters. The number of nitrogens with one attached hydrogen (secondary N) is 1. The Balaban J connectivity index is 2.24. The molecule has 1 aliphatic heterocycles. The van der Waals surface area contributed by atoms with E-state index in [-0.39, 0.29) is 4.90 Å². The number of nitrogens with zero attached hydrogens (tertiary/aromatic N) is 2. The summed E-state index contributed by atoms with van der Waals surface area (Å²) in [5.74, 6) is 0. The second kappa shape index (κ2) is 5.76. The number of sulfonamides is 1. The van der Waals surface area contributed by atoms with Crippen LogP contribution >= 0.6 is 15.9 Å². The van der Waals surface area contributed by atoms with Crippen LogP contribution in [0.4, 0.5) is 5.69 Å². The molecular weight excluding hydrogens is 334 g/mol. The standard InChI is InChI=1S/C11H16BrN3O3S/c1-14-4-6-15(7-5-14)9-2-3-11(10(12)8-9)19(17,18)13-16/h2-3,8,13,16H,4-7H2,1H3. The van der Waals surface area contributed by atoms with Gasteiger partial charge in [0.2, 0.25) is 0 Å². The molecule has 1 aromatic carbocycles. The topological polar surface area (TPSA) is 72.9 Å². The summed E-state index contributed by atoms with van der Waals surface area (Å²) >= 11 is 3.23. The van der Waals surface area contributed by atoms with Gasteiger partial charge in [0.25, 0.3) is 10.0 Å². The Morgan fingerprint density at radius 2 is 1.89 bits per heavy atom. The molecule has 0 aliphatic carbocycles. The third-order valence-corrected chi connectivity index (χ3v) is 5.29. The van der Waals surface area contributed by atoms with Crippen molar-refractivity contribution in [2.24, 2.45) is 0 Å². The Hall–Kier alpha value is -0.670. The van der Waals surface area contributed by atoms with E-state index in [1.165, 1.54) is 11.0 Å². The van der Waals surface area contributed by atoms with E-state index >= 15 is 0 Å². The first-order chi connectivity index (χ1) is 8.94. The molecule has 1 saturated heterocycles. The third kappa shape index (κ3) is 3.26. The summed E-state index contributed by atoms with van der Waals surface area (Å²) in [7, 11) is -1.77. The predicted octanol–water partition coefficient (Wildman–Crippen LogP) is 0.868.